The quantitative estimate of drug-likeness (QED) is 0.823. The molecule has 1 amide bonds. The fourth-order valence-electron chi connectivity index (χ4n) is 4.63. The lowest BCUT2D eigenvalue weighted by atomic mass is 9.84. The van der Waals surface area contributed by atoms with E-state index in [9.17, 15) is 4.79 Å². The number of halogens is 1. The van der Waals surface area contributed by atoms with Crippen molar-refractivity contribution in [2.75, 3.05) is 6.54 Å². The van der Waals surface area contributed by atoms with Crippen molar-refractivity contribution in [2.45, 2.75) is 45.6 Å². The van der Waals surface area contributed by atoms with Gasteiger partial charge < -0.3 is 9.88 Å². The van der Waals surface area contributed by atoms with Crippen molar-refractivity contribution in [2.24, 2.45) is 11.3 Å². The largest absolute Gasteiger partial charge is 0.351 e. The molecule has 2 aliphatic carbocycles. The van der Waals surface area contributed by atoms with Gasteiger partial charge in [-0.1, -0.05) is 22.0 Å². The summed E-state index contributed by atoms with van der Waals surface area (Å²) in [6, 6.07) is 6.14. The summed E-state index contributed by atoms with van der Waals surface area (Å²) in [4.78, 5) is 12.8. The van der Waals surface area contributed by atoms with Gasteiger partial charge in [-0.15, -0.1) is 0 Å². The number of nitrogens with zero attached hydrogens (tertiary/aromatic N) is 1. The fraction of sp³-hybridized carbons (Fsp3) is 0.526. The van der Waals surface area contributed by atoms with E-state index in [0.717, 1.165) is 39.9 Å². The summed E-state index contributed by atoms with van der Waals surface area (Å²) < 4.78 is 3.20. The zero-order valence-electron chi connectivity index (χ0n) is 13.6. The average Bonchev–Trinajstić information content (AvgIpc) is 3.25. The van der Waals surface area contributed by atoms with Crippen LogP contribution >= 0.6 is 15.9 Å². The van der Waals surface area contributed by atoms with Crippen molar-refractivity contribution in [3.05, 3.63) is 34.4 Å². The number of aromatic nitrogens is 1. The molecule has 0 radical (unpaired) electrons. The average molecular weight is 375 g/mol. The molecule has 4 rings (SSSR count). The van der Waals surface area contributed by atoms with E-state index in [1.165, 1.54) is 32.1 Å². The normalized spacial score (nSPS) is 26.1. The maximum Gasteiger partial charge on any atom is 0.253 e. The van der Waals surface area contributed by atoms with Gasteiger partial charge >= 0.3 is 0 Å². The monoisotopic (exact) mass is 374 g/mol. The Morgan fingerprint density at radius 1 is 1.39 bits per heavy atom. The van der Waals surface area contributed by atoms with Gasteiger partial charge in [0.2, 0.25) is 0 Å². The number of carbonyl (C=O) groups is 1. The van der Waals surface area contributed by atoms with E-state index in [-0.39, 0.29) is 5.91 Å². The Morgan fingerprint density at radius 2 is 2.17 bits per heavy atom. The van der Waals surface area contributed by atoms with Crippen LogP contribution in [0.1, 0.15) is 49.4 Å². The van der Waals surface area contributed by atoms with E-state index >= 15 is 0 Å². The molecule has 2 bridgehead atoms. The van der Waals surface area contributed by atoms with Crippen LogP contribution in [0.4, 0.5) is 0 Å². The molecule has 122 valence electrons. The number of aryl methyl sites for hydroxylation is 1. The van der Waals surface area contributed by atoms with Gasteiger partial charge in [-0.2, -0.15) is 0 Å². The van der Waals surface area contributed by atoms with Crippen LogP contribution in [0.25, 0.3) is 10.9 Å². The van der Waals surface area contributed by atoms with Crippen LogP contribution in [0.2, 0.25) is 0 Å². The van der Waals surface area contributed by atoms with E-state index < -0.39 is 0 Å². The number of benzene rings is 1. The third-order valence-electron chi connectivity index (χ3n) is 5.94. The smallest absolute Gasteiger partial charge is 0.253 e. The van der Waals surface area contributed by atoms with Crippen LogP contribution in [0.5, 0.6) is 0 Å². The van der Waals surface area contributed by atoms with E-state index in [1.807, 2.05) is 18.3 Å². The van der Waals surface area contributed by atoms with Gasteiger partial charge in [-0.3, -0.25) is 4.79 Å². The molecule has 4 heteroatoms. The number of hydrogen-bond donors (Lipinski definition) is 1. The lowest BCUT2D eigenvalue weighted by molar-refractivity contribution is 0.0932. The molecule has 0 aliphatic heterocycles. The maximum atomic E-state index is 12.8. The van der Waals surface area contributed by atoms with Gasteiger partial charge in [0.25, 0.3) is 5.91 Å². The molecule has 1 heterocycles. The highest BCUT2D eigenvalue weighted by molar-refractivity contribution is 9.10. The van der Waals surface area contributed by atoms with Crippen molar-refractivity contribution in [1.29, 1.82) is 0 Å². The topological polar surface area (TPSA) is 34.0 Å². The Kier molecular flexibility index (Phi) is 3.75. The Hall–Kier alpha value is -1.29. The van der Waals surface area contributed by atoms with Crippen LogP contribution in [0.15, 0.2) is 28.9 Å². The van der Waals surface area contributed by atoms with E-state index in [4.69, 9.17) is 0 Å². The summed E-state index contributed by atoms with van der Waals surface area (Å²) in [5, 5.41) is 4.28. The number of hydrogen-bond acceptors (Lipinski definition) is 1. The number of rotatable bonds is 4. The van der Waals surface area contributed by atoms with Crippen LogP contribution in [-0.4, -0.2) is 17.0 Å². The molecule has 23 heavy (non-hydrogen) atoms. The second-order valence-electron chi connectivity index (χ2n) is 7.32. The van der Waals surface area contributed by atoms with Crippen LogP contribution in [0.3, 0.4) is 0 Å². The first-order valence-electron chi connectivity index (χ1n) is 8.67. The molecular formula is C19H23BrN2O. The first kappa shape index (κ1) is 15.3. The van der Waals surface area contributed by atoms with Crippen molar-refractivity contribution >= 4 is 32.7 Å². The number of nitrogens with one attached hydrogen (secondary N) is 1. The molecule has 0 atom stereocenters. The van der Waals surface area contributed by atoms with Gasteiger partial charge in [-0.05, 0) is 62.5 Å². The minimum Gasteiger partial charge on any atom is -0.351 e. The lowest BCUT2D eigenvalue weighted by Gasteiger charge is -2.26. The summed E-state index contributed by atoms with van der Waals surface area (Å²) in [6.45, 7) is 3.82. The molecule has 1 aromatic carbocycles. The minimum absolute atomic E-state index is 0.0780. The molecule has 2 fully saturated rings. The second kappa shape index (κ2) is 5.66. The standard InChI is InChI=1S/C19H23BrN2O/c1-2-22-11-16(15-4-3-14(20)9-17(15)22)18(23)21-12-19-7-5-13(10-19)6-8-19/h3-4,9,11,13H,2,5-8,10,12H2,1H3,(H,21,23). The predicted octanol–water partition coefficient (Wildman–Crippen LogP) is 4.73. The zero-order chi connectivity index (χ0) is 16.0. The predicted molar refractivity (Wildman–Crippen MR) is 96.7 cm³/mol. The summed E-state index contributed by atoms with van der Waals surface area (Å²) in [6.07, 6.45) is 8.62. The molecule has 2 aromatic rings. The Balaban J connectivity index is 1.57. The lowest BCUT2D eigenvalue weighted by Crippen LogP contribution is -2.35. The molecule has 0 unspecified atom stereocenters. The molecular weight excluding hydrogens is 352 g/mol. The van der Waals surface area contributed by atoms with E-state index in [2.05, 4.69) is 38.8 Å². The first-order chi connectivity index (χ1) is 11.1. The Labute approximate surface area is 145 Å². The highest BCUT2D eigenvalue weighted by atomic mass is 79.9. The summed E-state index contributed by atoms with van der Waals surface area (Å²) >= 11 is 3.52. The van der Waals surface area contributed by atoms with Crippen molar-refractivity contribution in [1.82, 2.24) is 9.88 Å². The fourth-order valence-corrected chi connectivity index (χ4v) is 4.98. The molecule has 1 aromatic heterocycles. The Bertz CT molecular complexity index is 756. The second-order valence-corrected chi connectivity index (χ2v) is 8.24. The SMILES string of the molecule is CCn1cc(C(=O)NCC23CCC(CC2)C3)c2ccc(Br)cc21. The number of fused-ring (bicyclic) bond motifs is 3. The third-order valence-corrected chi connectivity index (χ3v) is 6.43. The highest BCUT2D eigenvalue weighted by Crippen LogP contribution is 2.53. The molecule has 0 spiro atoms. The summed E-state index contributed by atoms with van der Waals surface area (Å²) in [5.41, 5.74) is 2.32. The zero-order valence-corrected chi connectivity index (χ0v) is 15.2. The summed E-state index contributed by atoms with van der Waals surface area (Å²) in [7, 11) is 0. The molecule has 0 saturated heterocycles. The van der Waals surface area contributed by atoms with Gasteiger partial charge in [0.15, 0.2) is 0 Å². The van der Waals surface area contributed by atoms with Gasteiger partial charge in [0, 0.05) is 34.7 Å². The van der Waals surface area contributed by atoms with Crippen LogP contribution < -0.4 is 5.32 Å². The van der Waals surface area contributed by atoms with E-state index in [1.54, 1.807) is 0 Å². The van der Waals surface area contributed by atoms with Gasteiger partial charge in [-0.25, -0.2) is 0 Å². The number of amides is 1. The van der Waals surface area contributed by atoms with Crippen molar-refractivity contribution < 1.29 is 4.79 Å². The van der Waals surface area contributed by atoms with E-state index in [0.29, 0.717) is 5.41 Å². The molecule has 2 saturated carbocycles. The minimum atomic E-state index is 0.0780. The third kappa shape index (κ3) is 2.61. The summed E-state index contributed by atoms with van der Waals surface area (Å²) in [5.74, 6) is 1.00. The van der Waals surface area contributed by atoms with Crippen molar-refractivity contribution in [3.63, 3.8) is 0 Å². The Morgan fingerprint density at radius 3 is 2.83 bits per heavy atom. The molecule has 1 N–H and O–H groups in total. The van der Waals surface area contributed by atoms with Crippen molar-refractivity contribution in [3.8, 4) is 0 Å². The first-order valence-corrected chi connectivity index (χ1v) is 9.46. The van der Waals surface area contributed by atoms with Crippen LogP contribution in [-0.2, 0) is 6.54 Å². The van der Waals surface area contributed by atoms with Crippen LogP contribution in [0, 0.1) is 11.3 Å². The highest BCUT2D eigenvalue weighted by Gasteiger charge is 2.44. The molecule has 3 nitrogen and oxygen atoms in total. The molecule has 2 aliphatic rings. The van der Waals surface area contributed by atoms with Gasteiger partial charge in [0.05, 0.1) is 5.56 Å². The maximum absolute atomic E-state index is 12.8. The number of carbonyl (C=O) groups excluding carboxylic acids is 1. The van der Waals surface area contributed by atoms with Gasteiger partial charge in [0.1, 0.15) is 0 Å².